The Kier molecular flexibility index (Phi) is 5.90. The Morgan fingerprint density at radius 1 is 1.22 bits per heavy atom. The van der Waals surface area contributed by atoms with Crippen molar-refractivity contribution in [3.05, 3.63) is 17.7 Å². The number of carbonyl (C=O) groups is 1. The van der Waals surface area contributed by atoms with Crippen molar-refractivity contribution in [1.82, 2.24) is 24.7 Å². The molecule has 2 aromatic heterocycles. The third-order valence-electron chi connectivity index (χ3n) is 7.06. The summed E-state index contributed by atoms with van der Waals surface area (Å²) in [6.45, 7) is 7.66. The standard InChI is InChI=1S/C22H28AsN6O3/c1-3-29(16-6-10-31-11-7-16)20-17(13-25-29)19(23)18(12-24-20)22-27-26-21(32-22)15-4-8-28(9-5-15)14(2)30/h12-13,15-16H,3-11H2,1-2H3/q+1. The van der Waals surface area contributed by atoms with Crippen molar-refractivity contribution in [2.24, 2.45) is 5.10 Å². The number of aromatic nitrogens is 3. The number of fused-ring (bicyclic) bond motifs is 1. The second kappa shape index (κ2) is 8.69. The van der Waals surface area contributed by atoms with Crippen LogP contribution in [0.3, 0.4) is 0 Å². The van der Waals surface area contributed by atoms with E-state index in [0.717, 1.165) is 79.8 Å². The first-order chi connectivity index (χ1) is 15.5. The number of pyridine rings is 1. The van der Waals surface area contributed by atoms with Crippen LogP contribution >= 0.6 is 0 Å². The van der Waals surface area contributed by atoms with Gasteiger partial charge in [-0.05, 0) is 0 Å². The average molecular weight is 499 g/mol. The second-order valence-electron chi connectivity index (χ2n) is 8.71. The molecule has 2 fully saturated rings. The molecule has 0 saturated carbocycles. The van der Waals surface area contributed by atoms with Crippen LogP contribution in [-0.4, -0.2) is 87.9 Å². The van der Waals surface area contributed by atoms with Crippen LogP contribution in [0.1, 0.15) is 56.9 Å². The Labute approximate surface area is 196 Å². The number of carbonyl (C=O) groups excluding carboxylic acids is 1. The van der Waals surface area contributed by atoms with E-state index in [2.05, 4.69) is 34.0 Å². The molecule has 2 saturated heterocycles. The third-order valence-corrected chi connectivity index (χ3v) is 8.08. The van der Waals surface area contributed by atoms with E-state index in [1.165, 1.54) is 0 Å². The molecule has 0 N–H and O–H groups in total. The Morgan fingerprint density at radius 2 is 1.97 bits per heavy atom. The van der Waals surface area contributed by atoms with Gasteiger partial charge >= 0.3 is 196 Å². The normalized spacial score (nSPS) is 24.2. The number of amides is 1. The average Bonchev–Trinajstić information content (AvgIpc) is 3.46. The summed E-state index contributed by atoms with van der Waals surface area (Å²) in [6, 6.07) is 0.382. The molecular formula is C22H28AsN6O3+. The van der Waals surface area contributed by atoms with Gasteiger partial charge in [-0.3, -0.25) is 0 Å². The molecule has 32 heavy (non-hydrogen) atoms. The number of quaternary nitrogens is 1. The van der Waals surface area contributed by atoms with Crippen LogP contribution in [0.25, 0.3) is 11.5 Å². The predicted octanol–water partition coefficient (Wildman–Crippen LogP) is 1.51. The van der Waals surface area contributed by atoms with E-state index in [1.807, 2.05) is 17.3 Å². The maximum atomic E-state index is 11.6. The van der Waals surface area contributed by atoms with Gasteiger partial charge in [0.15, 0.2) is 0 Å². The van der Waals surface area contributed by atoms with Crippen molar-refractivity contribution in [3.8, 4) is 11.5 Å². The molecule has 0 aromatic carbocycles. The summed E-state index contributed by atoms with van der Waals surface area (Å²) in [7, 11) is 0. The van der Waals surface area contributed by atoms with E-state index in [9.17, 15) is 4.79 Å². The minimum atomic E-state index is 0.122. The number of hydrogen-bond acceptors (Lipinski definition) is 7. The van der Waals surface area contributed by atoms with Gasteiger partial charge in [0, 0.05) is 0 Å². The molecule has 0 bridgehead atoms. The van der Waals surface area contributed by atoms with Crippen LogP contribution in [0.5, 0.6) is 0 Å². The van der Waals surface area contributed by atoms with E-state index in [4.69, 9.17) is 19.2 Å². The molecule has 3 aliphatic heterocycles. The van der Waals surface area contributed by atoms with Crippen molar-refractivity contribution < 1.29 is 13.9 Å². The molecule has 10 heteroatoms. The second-order valence-corrected chi connectivity index (χ2v) is 9.65. The maximum absolute atomic E-state index is 11.6. The zero-order chi connectivity index (χ0) is 22.3. The van der Waals surface area contributed by atoms with Gasteiger partial charge in [0.2, 0.25) is 0 Å². The van der Waals surface area contributed by atoms with E-state index in [-0.39, 0.29) is 11.8 Å². The molecule has 5 heterocycles. The molecule has 168 valence electrons. The van der Waals surface area contributed by atoms with Gasteiger partial charge in [0.25, 0.3) is 0 Å². The molecule has 9 nitrogen and oxygen atoms in total. The number of nitrogens with zero attached hydrogens (tertiary/aromatic N) is 6. The first-order valence-corrected chi connectivity index (χ1v) is 12.3. The summed E-state index contributed by atoms with van der Waals surface area (Å²) in [6.07, 6.45) is 7.45. The first-order valence-electron chi connectivity index (χ1n) is 11.4. The van der Waals surface area contributed by atoms with E-state index < -0.39 is 0 Å². The van der Waals surface area contributed by atoms with Gasteiger partial charge in [-0.25, -0.2) is 0 Å². The topological polar surface area (TPSA) is 93.7 Å². The monoisotopic (exact) mass is 499 g/mol. The van der Waals surface area contributed by atoms with Gasteiger partial charge in [-0.2, -0.15) is 0 Å². The van der Waals surface area contributed by atoms with Crippen LogP contribution in [0.15, 0.2) is 15.7 Å². The predicted molar refractivity (Wildman–Crippen MR) is 121 cm³/mol. The number of likely N-dealkylation sites (tertiary alicyclic amines) is 1. The number of ether oxygens (including phenoxy) is 1. The molecule has 2 aromatic rings. The van der Waals surface area contributed by atoms with Crippen molar-refractivity contribution in [1.29, 1.82) is 0 Å². The van der Waals surface area contributed by atoms with Crippen LogP contribution in [0.4, 0.5) is 5.82 Å². The van der Waals surface area contributed by atoms with Crippen LogP contribution in [0, 0.1) is 0 Å². The summed E-state index contributed by atoms with van der Waals surface area (Å²) in [5.74, 6) is 2.43. The number of hydrogen-bond donors (Lipinski definition) is 0. The Morgan fingerprint density at radius 3 is 2.66 bits per heavy atom. The summed E-state index contributed by atoms with van der Waals surface area (Å²) < 4.78 is 13.2. The van der Waals surface area contributed by atoms with Gasteiger partial charge in [-0.15, -0.1) is 0 Å². The Hall–Kier alpha value is -2.09. The number of piperidine rings is 1. The summed E-state index contributed by atoms with van der Waals surface area (Å²) in [5, 5.41) is 13.6. The molecule has 1 amide bonds. The quantitative estimate of drug-likeness (QED) is 0.468. The molecule has 2 radical (unpaired) electrons. The van der Waals surface area contributed by atoms with Crippen molar-refractivity contribution in [3.63, 3.8) is 0 Å². The molecule has 1 unspecified atom stereocenters. The van der Waals surface area contributed by atoms with Gasteiger partial charge in [-0.1, -0.05) is 0 Å². The minimum absolute atomic E-state index is 0.122. The Bertz CT molecular complexity index is 1040. The van der Waals surface area contributed by atoms with E-state index in [1.54, 1.807) is 6.92 Å². The SMILES string of the molecule is CC[N+]1(C2CCOCC2)N=Cc2c1ncc(-c1nnc(C3CCN(C(C)=O)CC3)o1)c2[As]. The van der Waals surface area contributed by atoms with Crippen molar-refractivity contribution >= 4 is 39.1 Å². The zero-order valence-electron chi connectivity index (χ0n) is 18.5. The summed E-state index contributed by atoms with van der Waals surface area (Å²) in [4.78, 5) is 18.3. The van der Waals surface area contributed by atoms with Crippen molar-refractivity contribution in [2.75, 3.05) is 32.8 Å². The molecule has 1 atom stereocenters. The Balaban J connectivity index is 1.40. The number of rotatable bonds is 4. The van der Waals surface area contributed by atoms with Crippen LogP contribution < -0.4 is 8.94 Å². The first kappa shape index (κ1) is 21.7. The van der Waals surface area contributed by atoms with E-state index >= 15 is 0 Å². The molecule has 3 aliphatic rings. The summed E-state index contributed by atoms with van der Waals surface area (Å²) in [5.41, 5.74) is 1.86. The van der Waals surface area contributed by atoms with Crippen LogP contribution in [-0.2, 0) is 9.53 Å². The fraction of sp³-hybridized carbons (Fsp3) is 0.591. The molecule has 5 rings (SSSR count). The fourth-order valence-electron chi connectivity index (χ4n) is 5.13. The fourth-order valence-corrected chi connectivity index (χ4v) is 5.78. The van der Waals surface area contributed by atoms with Gasteiger partial charge in [0.05, 0.1) is 0 Å². The van der Waals surface area contributed by atoms with E-state index in [0.29, 0.717) is 22.4 Å². The molecular weight excluding hydrogens is 471 g/mol. The van der Waals surface area contributed by atoms with Crippen LogP contribution in [0.2, 0.25) is 0 Å². The molecule has 0 spiro atoms. The zero-order valence-corrected chi connectivity index (χ0v) is 20.4. The molecule has 0 aliphatic carbocycles. The summed E-state index contributed by atoms with van der Waals surface area (Å²) >= 11 is 2.64. The van der Waals surface area contributed by atoms with Gasteiger partial charge in [0.1, 0.15) is 0 Å². The van der Waals surface area contributed by atoms with Crippen molar-refractivity contribution in [2.45, 2.75) is 51.5 Å². The third kappa shape index (κ3) is 3.60. The van der Waals surface area contributed by atoms with Gasteiger partial charge < -0.3 is 0 Å².